The molecule has 230 valence electrons. The van der Waals surface area contributed by atoms with E-state index in [1.807, 2.05) is 30.3 Å². The van der Waals surface area contributed by atoms with E-state index in [0.29, 0.717) is 5.84 Å². The fourth-order valence-corrected chi connectivity index (χ4v) is 7.30. The summed E-state index contributed by atoms with van der Waals surface area (Å²) in [5.74, 6) is 1.46. The molecule has 1 aromatic heterocycles. The molecule has 0 radical (unpaired) electrons. The van der Waals surface area contributed by atoms with Gasteiger partial charge in [0.15, 0.2) is 5.84 Å². The van der Waals surface area contributed by atoms with Gasteiger partial charge in [-0.2, -0.15) is 0 Å². The Morgan fingerprint density at radius 3 is 2.12 bits per heavy atom. The molecule has 10 rings (SSSR count). The van der Waals surface area contributed by atoms with Crippen molar-refractivity contribution in [3.63, 3.8) is 0 Å². The second-order valence-electron chi connectivity index (χ2n) is 12.6. The van der Waals surface area contributed by atoms with Gasteiger partial charge in [-0.15, -0.1) is 0 Å². The average Bonchev–Trinajstić information content (AvgIpc) is 3.57. The van der Waals surface area contributed by atoms with Gasteiger partial charge in [-0.25, -0.2) is 9.98 Å². The van der Waals surface area contributed by atoms with E-state index in [-0.39, 0.29) is 6.17 Å². The van der Waals surface area contributed by atoms with Crippen molar-refractivity contribution in [1.82, 2.24) is 5.32 Å². The lowest BCUT2D eigenvalue weighted by molar-refractivity contribution is 0.669. The standard InChI is InChI=1S/C45H29N3O/c1-2-12-30(13-3-1)43-46-44(34-23-20-28-10-4-5-14-31(28)26-34)48-45(47-43)39-18-9-19-40-41(39)38-17-8-16-37(42(38)49-40)33-24-25-36-32(27-33)22-21-29-11-6-7-15-35(29)36/h1-27,44H,(H,46,47,48). The van der Waals surface area contributed by atoms with Crippen molar-refractivity contribution in [2.45, 2.75) is 6.17 Å². The maximum atomic E-state index is 6.70. The van der Waals surface area contributed by atoms with Crippen LogP contribution in [0.2, 0.25) is 0 Å². The quantitative estimate of drug-likeness (QED) is 0.197. The average molecular weight is 628 g/mol. The zero-order valence-electron chi connectivity index (χ0n) is 26.5. The Balaban J connectivity index is 1.14. The topological polar surface area (TPSA) is 49.9 Å². The molecular formula is C45H29N3O. The number of nitrogens with one attached hydrogen (secondary N) is 1. The van der Waals surface area contributed by atoms with E-state index in [1.54, 1.807) is 0 Å². The number of aliphatic imine (C=N–C) groups is 2. The first-order chi connectivity index (χ1) is 24.3. The Morgan fingerprint density at radius 2 is 1.20 bits per heavy atom. The minimum absolute atomic E-state index is 0.315. The van der Waals surface area contributed by atoms with Crippen LogP contribution in [0.25, 0.3) is 65.4 Å². The fourth-order valence-electron chi connectivity index (χ4n) is 7.30. The summed E-state index contributed by atoms with van der Waals surface area (Å²) in [7, 11) is 0. The number of fused-ring (bicyclic) bond motifs is 7. The third kappa shape index (κ3) is 4.61. The molecule has 2 heterocycles. The van der Waals surface area contributed by atoms with Gasteiger partial charge in [-0.3, -0.25) is 0 Å². The van der Waals surface area contributed by atoms with Crippen LogP contribution in [0, 0.1) is 0 Å². The molecule has 0 spiro atoms. The first-order valence-corrected chi connectivity index (χ1v) is 16.6. The third-order valence-electron chi connectivity index (χ3n) is 9.70. The van der Waals surface area contributed by atoms with E-state index in [0.717, 1.165) is 55.6 Å². The molecule has 0 aliphatic carbocycles. The lowest BCUT2D eigenvalue weighted by Gasteiger charge is -2.24. The number of hydrogen-bond donors (Lipinski definition) is 1. The second kappa shape index (κ2) is 11.0. The monoisotopic (exact) mass is 627 g/mol. The highest BCUT2D eigenvalue weighted by atomic mass is 16.3. The zero-order chi connectivity index (χ0) is 32.3. The predicted octanol–water partition coefficient (Wildman–Crippen LogP) is 11.2. The van der Waals surface area contributed by atoms with Gasteiger partial charge < -0.3 is 9.73 Å². The molecule has 4 heteroatoms. The van der Waals surface area contributed by atoms with Crippen LogP contribution in [0.15, 0.2) is 178 Å². The van der Waals surface area contributed by atoms with E-state index in [2.05, 4.69) is 139 Å². The Hall–Kier alpha value is -6.52. The van der Waals surface area contributed by atoms with Crippen molar-refractivity contribution in [3.05, 3.63) is 180 Å². The van der Waals surface area contributed by atoms with Gasteiger partial charge in [-0.1, -0.05) is 146 Å². The summed E-state index contributed by atoms with van der Waals surface area (Å²) in [6.45, 7) is 0. The molecule has 1 aliphatic heterocycles. The van der Waals surface area contributed by atoms with E-state index in [9.17, 15) is 0 Å². The summed E-state index contributed by atoms with van der Waals surface area (Å²) in [5, 5.41) is 13.0. The van der Waals surface area contributed by atoms with Crippen molar-refractivity contribution in [3.8, 4) is 11.1 Å². The van der Waals surface area contributed by atoms with Gasteiger partial charge in [0, 0.05) is 27.5 Å². The summed E-state index contributed by atoms with van der Waals surface area (Å²) in [4.78, 5) is 10.4. The van der Waals surface area contributed by atoms with Crippen LogP contribution >= 0.6 is 0 Å². The van der Waals surface area contributed by atoms with Gasteiger partial charge in [0.1, 0.15) is 23.2 Å². The van der Waals surface area contributed by atoms with Crippen LogP contribution in [0.3, 0.4) is 0 Å². The summed E-state index contributed by atoms with van der Waals surface area (Å²) < 4.78 is 6.70. The van der Waals surface area contributed by atoms with Crippen LogP contribution < -0.4 is 5.32 Å². The lowest BCUT2D eigenvalue weighted by atomic mass is 9.96. The molecule has 49 heavy (non-hydrogen) atoms. The third-order valence-corrected chi connectivity index (χ3v) is 9.70. The number of para-hydroxylation sites is 1. The number of benzene rings is 8. The Kier molecular flexibility index (Phi) is 6.21. The Labute approximate surface area is 282 Å². The van der Waals surface area contributed by atoms with Gasteiger partial charge in [0.2, 0.25) is 0 Å². The largest absolute Gasteiger partial charge is 0.455 e. The molecule has 1 unspecified atom stereocenters. The number of hydrogen-bond acceptors (Lipinski definition) is 4. The van der Waals surface area contributed by atoms with Gasteiger partial charge >= 0.3 is 0 Å². The number of rotatable bonds is 4. The first kappa shape index (κ1) is 27.6. The van der Waals surface area contributed by atoms with Crippen LogP contribution in [-0.2, 0) is 0 Å². The number of nitrogens with zero attached hydrogens (tertiary/aromatic N) is 2. The molecule has 0 saturated carbocycles. The highest BCUT2D eigenvalue weighted by Crippen LogP contribution is 2.39. The highest BCUT2D eigenvalue weighted by Gasteiger charge is 2.24. The van der Waals surface area contributed by atoms with E-state index in [4.69, 9.17) is 14.4 Å². The molecule has 0 amide bonds. The van der Waals surface area contributed by atoms with Crippen molar-refractivity contribution >= 4 is 65.9 Å². The summed E-state index contributed by atoms with van der Waals surface area (Å²) in [5.41, 5.74) is 6.88. The Morgan fingerprint density at radius 1 is 0.490 bits per heavy atom. The summed E-state index contributed by atoms with van der Waals surface area (Å²) in [6.07, 6.45) is -0.315. The predicted molar refractivity (Wildman–Crippen MR) is 204 cm³/mol. The zero-order valence-corrected chi connectivity index (χ0v) is 26.5. The fraction of sp³-hybridized carbons (Fsp3) is 0.0222. The smallest absolute Gasteiger partial charge is 0.160 e. The Bertz CT molecular complexity index is 2810. The SMILES string of the molecule is c1ccc(C2=NC(c3cccc4oc5c(-c6ccc7c(ccc8ccccc87)c6)cccc5c34)=NC(c3ccc4ccccc4c3)N2)cc1. The minimum Gasteiger partial charge on any atom is -0.455 e. The molecule has 4 nitrogen and oxygen atoms in total. The van der Waals surface area contributed by atoms with Gasteiger partial charge in [-0.05, 0) is 61.6 Å². The second-order valence-corrected chi connectivity index (χ2v) is 12.6. The van der Waals surface area contributed by atoms with Crippen molar-refractivity contribution in [2.24, 2.45) is 9.98 Å². The molecule has 1 N–H and O–H groups in total. The van der Waals surface area contributed by atoms with Gasteiger partial charge in [0.05, 0.1) is 0 Å². The molecule has 8 aromatic carbocycles. The normalized spacial score (nSPS) is 14.7. The summed E-state index contributed by atoms with van der Waals surface area (Å²) in [6, 6.07) is 57.5. The van der Waals surface area contributed by atoms with Gasteiger partial charge in [0.25, 0.3) is 0 Å². The van der Waals surface area contributed by atoms with Crippen LogP contribution in [0.4, 0.5) is 0 Å². The maximum Gasteiger partial charge on any atom is 0.160 e. The lowest BCUT2D eigenvalue weighted by Crippen LogP contribution is -2.33. The van der Waals surface area contributed by atoms with Crippen molar-refractivity contribution < 1.29 is 4.42 Å². The number of furan rings is 1. The molecular weight excluding hydrogens is 599 g/mol. The highest BCUT2D eigenvalue weighted by molar-refractivity contribution is 6.23. The molecule has 0 fully saturated rings. The summed E-state index contributed by atoms with van der Waals surface area (Å²) >= 11 is 0. The van der Waals surface area contributed by atoms with Crippen LogP contribution in [0.1, 0.15) is 22.9 Å². The minimum atomic E-state index is -0.315. The number of amidine groups is 2. The molecule has 0 bridgehead atoms. The molecule has 9 aromatic rings. The van der Waals surface area contributed by atoms with Crippen molar-refractivity contribution in [2.75, 3.05) is 0 Å². The first-order valence-electron chi connectivity index (χ1n) is 16.6. The van der Waals surface area contributed by atoms with E-state index < -0.39 is 0 Å². The molecule has 1 atom stereocenters. The maximum absolute atomic E-state index is 6.70. The van der Waals surface area contributed by atoms with Crippen molar-refractivity contribution in [1.29, 1.82) is 0 Å². The molecule has 0 saturated heterocycles. The van der Waals surface area contributed by atoms with E-state index >= 15 is 0 Å². The molecule has 1 aliphatic rings. The van der Waals surface area contributed by atoms with Crippen LogP contribution in [0.5, 0.6) is 0 Å². The van der Waals surface area contributed by atoms with E-state index in [1.165, 1.54) is 32.3 Å². The van der Waals surface area contributed by atoms with Crippen LogP contribution in [-0.4, -0.2) is 11.7 Å².